The number of hydrogen-bond acceptors (Lipinski definition) is 3. The Morgan fingerprint density at radius 2 is 0.971 bits per heavy atom. The Balaban J connectivity index is 2.84. The summed E-state index contributed by atoms with van der Waals surface area (Å²) in [6.45, 7) is 22.8. The molecular formula is C31H44O3. The van der Waals surface area contributed by atoms with Crippen LogP contribution in [0, 0.1) is 0 Å². The number of ketones is 1. The summed E-state index contributed by atoms with van der Waals surface area (Å²) in [7, 11) is 0. The molecule has 1 unspecified atom stereocenters. The molecule has 2 aromatic carbocycles. The van der Waals surface area contributed by atoms with Gasteiger partial charge in [0, 0.05) is 18.1 Å². The van der Waals surface area contributed by atoms with Crippen LogP contribution >= 0.6 is 0 Å². The molecule has 0 fully saturated rings. The summed E-state index contributed by atoms with van der Waals surface area (Å²) in [5, 5.41) is 0. The zero-order valence-electron chi connectivity index (χ0n) is 23.1. The molecule has 0 aromatic heterocycles. The smallest absolute Gasteiger partial charge is 0.303 e. The number of rotatable bonds is 9. The van der Waals surface area contributed by atoms with Gasteiger partial charge in [-0.2, -0.15) is 0 Å². The fourth-order valence-electron chi connectivity index (χ4n) is 4.36. The molecule has 186 valence electrons. The molecule has 0 spiro atoms. The van der Waals surface area contributed by atoms with E-state index in [1.54, 1.807) is 0 Å². The quantitative estimate of drug-likeness (QED) is 0.275. The third-order valence-electron chi connectivity index (χ3n) is 6.56. The minimum Gasteiger partial charge on any atom is -0.449 e. The van der Waals surface area contributed by atoms with Crippen LogP contribution in [-0.2, 0) is 9.53 Å². The molecule has 0 amide bonds. The fourth-order valence-corrected chi connectivity index (χ4v) is 4.36. The Kier molecular flexibility index (Phi) is 9.28. The normalized spacial score (nSPS) is 12.8. The zero-order valence-corrected chi connectivity index (χ0v) is 23.1. The monoisotopic (exact) mass is 464 g/mol. The maximum absolute atomic E-state index is 14.1. The molecule has 3 heteroatoms. The van der Waals surface area contributed by atoms with Crippen molar-refractivity contribution in [1.29, 1.82) is 0 Å². The largest absolute Gasteiger partial charge is 0.449 e. The lowest BCUT2D eigenvalue weighted by atomic mass is 9.80. The number of Topliss-reactive ketones (excluding diaryl/α,β-unsaturated/α-hetero) is 1. The molecular weight excluding hydrogens is 420 g/mol. The van der Waals surface area contributed by atoms with Crippen molar-refractivity contribution in [3.63, 3.8) is 0 Å². The molecule has 0 saturated carbocycles. The van der Waals surface area contributed by atoms with E-state index in [-0.39, 0.29) is 17.6 Å². The van der Waals surface area contributed by atoms with Crippen LogP contribution in [0.25, 0.3) is 0 Å². The van der Waals surface area contributed by atoms with E-state index in [0.717, 1.165) is 27.8 Å². The molecule has 0 heterocycles. The summed E-state index contributed by atoms with van der Waals surface area (Å²) in [5.74, 6) is 0.722. The van der Waals surface area contributed by atoms with Gasteiger partial charge in [0.1, 0.15) is 0 Å². The highest BCUT2D eigenvalue weighted by Gasteiger charge is 2.32. The van der Waals surface area contributed by atoms with Gasteiger partial charge in [-0.15, -0.1) is 0 Å². The predicted molar refractivity (Wildman–Crippen MR) is 142 cm³/mol. The molecule has 0 radical (unpaired) electrons. The van der Waals surface area contributed by atoms with E-state index in [9.17, 15) is 9.59 Å². The summed E-state index contributed by atoms with van der Waals surface area (Å²) < 4.78 is 5.85. The van der Waals surface area contributed by atoms with Crippen LogP contribution in [0.2, 0.25) is 0 Å². The molecule has 0 aliphatic carbocycles. The van der Waals surface area contributed by atoms with Gasteiger partial charge < -0.3 is 4.74 Å². The molecule has 0 bridgehead atoms. The van der Waals surface area contributed by atoms with Gasteiger partial charge in [-0.05, 0) is 69.5 Å². The van der Waals surface area contributed by atoms with Crippen molar-refractivity contribution in [2.24, 2.45) is 0 Å². The molecule has 0 saturated heterocycles. The Bertz CT molecular complexity index is 970. The Labute approximate surface area is 207 Å². The lowest BCUT2D eigenvalue weighted by Crippen LogP contribution is -2.23. The summed E-state index contributed by atoms with van der Waals surface area (Å²) in [6.07, 6.45) is -0.962. The van der Waals surface area contributed by atoms with Crippen molar-refractivity contribution >= 4 is 11.8 Å². The number of benzene rings is 2. The molecule has 0 N–H and O–H groups in total. The first-order chi connectivity index (χ1) is 15.7. The standard InChI is InChI=1S/C31H44O3/c1-17(2)23-12-24(18(3)4)14-26(13-23)30(33)31(34-22(11)32)29-27(20(7)8)15-25(19(5)6)16-28(29)21(9)10/h12-21,31H,1-11H3. The van der Waals surface area contributed by atoms with Crippen LogP contribution in [0.4, 0.5) is 0 Å². The average Bonchev–Trinajstić information content (AvgIpc) is 2.75. The minimum absolute atomic E-state index is 0.152. The highest BCUT2D eigenvalue weighted by molar-refractivity contribution is 6.01. The molecule has 2 rings (SSSR count). The van der Waals surface area contributed by atoms with E-state index in [2.05, 4.69) is 87.4 Å². The maximum Gasteiger partial charge on any atom is 0.303 e. The van der Waals surface area contributed by atoms with Gasteiger partial charge in [0.15, 0.2) is 6.10 Å². The van der Waals surface area contributed by atoms with E-state index in [0.29, 0.717) is 23.3 Å². The van der Waals surface area contributed by atoms with E-state index in [1.165, 1.54) is 12.5 Å². The van der Waals surface area contributed by atoms with Gasteiger partial charge >= 0.3 is 5.97 Å². The first-order valence-electron chi connectivity index (χ1n) is 12.8. The Hall–Kier alpha value is -2.42. The lowest BCUT2D eigenvalue weighted by Gasteiger charge is -2.28. The number of hydrogen-bond donors (Lipinski definition) is 0. The van der Waals surface area contributed by atoms with Crippen molar-refractivity contribution in [2.45, 2.75) is 112 Å². The van der Waals surface area contributed by atoms with E-state index in [1.807, 2.05) is 12.1 Å². The lowest BCUT2D eigenvalue weighted by molar-refractivity contribution is -0.144. The molecule has 34 heavy (non-hydrogen) atoms. The van der Waals surface area contributed by atoms with Crippen LogP contribution in [0.5, 0.6) is 0 Å². The van der Waals surface area contributed by atoms with E-state index in [4.69, 9.17) is 4.74 Å². The van der Waals surface area contributed by atoms with E-state index < -0.39 is 12.1 Å². The number of ether oxygens (including phenoxy) is 1. The highest BCUT2D eigenvalue weighted by atomic mass is 16.5. The maximum atomic E-state index is 14.1. The molecule has 0 aliphatic heterocycles. The van der Waals surface area contributed by atoms with Crippen LogP contribution in [-0.4, -0.2) is 11.8 Å². The van der Waals surface area contributed by atoms with Crippen molar-refractivity contribution in [2.75, 3.05) is 0 Å². The van der Waals surface area contributed by atoms with Crippen molar-refractivity contribution in [3.05, 3.63) is 69.3 Å². The van der Waals surface area contributed by atoms with Gasteiger partial charge in [-0.3, -0.25) is 9.59 Å². The first-order valence-corrected chi connectivity index (χ1v) is 12.8. The Morgan fingerprint density at radius 1 is 0.588 bits per heavy atom. The number of esters is 1. The van der Waals surface area contributed by atoms with Gasteiger partial charge in [0.2, 0.25) is 5.78 Å². The summed E-state index contributed by atoms with van der Waals surface area (Å²) in [4.78, 5) is 26.4. The molecule has 2 aromatic rings. The van der Waals surface area contributed by atoms with Gasteiger partial charge in [-0.25, -0.2) is 0 Å². The average molecular weight is 465 g/mol. The molecule has 1 atom stereocenters. The Morgan fingerprint density at radius 3 is 1.29 bits per heavy atom. The SMILES string of the molecule is CC(=O)OC(C(=O)c1cc(C(C)C)cc(C(C)C)c1)c1c(C(C)C)cc(C(C)C)cc1C(C)C. The van der Waals surface area contributed by atoms with Crippen molar-refractivity contribution < 1.29 is 14.3 Å². The second-order valence-electron chi connectivity index (χ2n) is 11.1. The highest BCUT2D eigenvalue weighted by Crippen LogP contribution is 2.39. The van der Waals surface area contributed by atoms with Crippen LogP contribution < -0.4 is 0 Å². The van der Waals surface area contributed by atoms with Gasteiger partial charge in [0.25, 0.3) is 0 Å². The summed E-state index contributed by atoms with van der Waals surface area (Å²) >= 11 is 0. The minimum atomic E-state index is -0.962. The summed E-state index contributed by atoms with van der Waals surface area (Å²) in [5.41, 5.74) is 7.12. The zero-order chi connectivity index (χ0) is 25.9. The first kappa shape index (κ1) is 27.8. The van der Waals surface area contributed by atoms with Crippen LogP contribution in [0.1, 0.15) is 156 Å². The third-order valence-corrected chi connectivity index (χ3v) is 6.56. The van der Waals surface area contributed by atoms with E-state index >= 15 is 0 Å². The second-order valence-corrected chi connectivity index (χ2v) is 11.1. The van der Waals surface area contributed by atoms with Crippen molar-refractivity contribution in [3.8, 4) is 0 Å². The molecule has 3 nitrogen and oxygen atoms in total. The van der Waals surface area contributed by atoms with Crippen LogP contribution in [0.3, 0.4) is 0 Å². The van der Waals surface area contributed by atoms with Crippen molar-refractivity contribution in [1.82, 2.24) is 0 Å². The van der Waals surface area contributed by atoms with Gasteiger partial charge in [-0.1, -0.05) is 87.4 Å². The molecule has 0 aliphatic rings. The number of carbonyl (C=O) groups excluding carboxylic acids is 2. The fraction of sp³-hybridized carbons (Fsp3) is 0.548. The third kappa shape index (κ3) is 6.37. The number of carbonyl (C=O) groups is 2. The predicted octanol–water partition coefficient (Wildman–Crippen LogP) is 8.79. The second kappa shape index (κ2) is 11.3. The summed E-state index contributed by atoms with van der Waals surface area (Å²) in [6, 6.07) is 10.5. The van der Waals surface area contributed by atoms with Gasteiger partial charge in [0.05, 0.1) is 0 Å². The topological polar surface area (TPSA) is 43.4 Å². The van der Waals surface area contributed by atoms with Crippen LogP contribution in [0.15, 0.2) is 30.3 Å².